The lowest BCUT2D eigenvalue weighted by atomic mass is 9.96. The predicted molar refractivity (Wildman–Crippen MR) is 85.3 cm³/mol. The lowest BCUT2D eigenvalue weighted by Crippen LogP contribution is -2.47. The maximum atomic E-state index is 11.8. The van der Waals surface area contributed by atoms with Gasteiger partial charge in [-0.05, 0) is 19.8 Å². The number of nitrogens with zero attached hydrogens (tertiary/aromatic N) is 2. The van der Waals surface area contributed by atoms with Crippen LogP contribution in [-0.4, -0.2) is 60.7 Å². The molecule has 6 heteroatoms. The van der Waals surface area contributed by atoms with Crippen molar-refractivity contribution in [1.29, 1.82) is 0 Å². The Morgan fingerprint density at radius 3 is 2.43 bits per heavy atom. The summed E-state index contributed by atoms with van der Waals surface area (Å²) in [6.07, 6.45) is 1.38. The van der Waals surface area contributed by atoms with Gasteiger partial charge in [-0.25, -0.2) is 0 Å². The quantitative estimate of drug-likeness (QED) is 0.403. The summed E-state index contributed by atoms with van der Waals surface area (Å²) in [7, 11) is 0. The second-order valence-corrected chi connectivity index (χ2v) is 6.46. The number of hydrogen-bond acceptors (Lipinski definition) is 3. The molecule has 1 rings (SSSR count). The van der Waals surface area contributed by atoms with E-state index in [1.807, 2.05) is 27.7 Å². The van der Waals surface area contributed by atoms with E-state index in [0.29, 0.717) is 13.1 Å². The topological polar surface area (TPSA) is 77.0 Å². The molecule has 3 N–H and O–H groups in total. The minimum atomic E-state index is -0.364. The Kier molecular flexibility index (Phi) is 6.95. The number of carbonyl (C=O) groups is 1. The summed E-state index contributed by atoms with van der Waals surface area (Å²) in [6.45, 7) is 11.3. The molecular formula is C15H30N4O2. The van der Waals surface area contributed by atoms with Crippen LogP contribution in [0, 0.1) is 5.41 Å². The van der Waals surface area contributed by atoms with Gasteiger partial charge in [-0.3, -0.25) is 9.79 Å². The second-order valence-electron chi connectivity index (χ2n) is 6.46. The molecule has 1 aliphatic heterocycles. The lowest BCUT2D eigenvalue weighted by Gasteiger charge is -2.32. The van der Waals surface area contributed by atoms with Crippen molar-refractivity contribution in [2.75, 3.05) is 32.7 Å². The molecule has 1 heterocycles. The normalized spacial score (nSPS) is 17.8. The number of aliphatic imine (C=N–C) groups is 1. The van der Waals surface area contributed by atoms with Crippen LogP contribution in [0.25, 0.3) is 0 Å². The number of hydrogen-bond donors (Lipinski definition) is 3. The van der Waals surface area contributed by atoms with Crippen molar-refractivity contribution in [3.8, 4) is 0 Å². The first-order chi connectivity index (χ1) is 9.84. The van der Waals surface area contributed by atoms with E-state index in [0.717, 1.165) is 38.4 Å². The van der Waals surface area contributed by atoms with Crippen LogP contribution in [0.15, 0.2) is 4.99 Å². The van der Waals surface area contributed by atoms with Crippen LogP contribution < -0.4 is 10.6 Å². The highest BCUT2D eigenvalue weighted by atomic mass is 16.3. The van der Waals surface area contributed by atoms with Crippen LogP contribution >= 0.6 is 0 Å². The summed E-state index contributed by atoms with van der Waals surface area (Å²) in [6, 6.07) is 0. The zero-order chi connectivity index (χ0) is 15.9. The Hall–Kier alpha value is -1.30. The Labute approximate surface area is 128 Å². The molecule has 1 fully saturated rings. The van der Waals surface area contributed by atoms with Gasteiger partial charge in [-0.15, -0.1) is 0 Å². The highest BCUT2D eigenvalue weighted by molar-refractivity contribution is 5.81. The van der Waals surface area contributed by atoms with Gasteiger partial charge in [0.25, 0.3) is 0 Å². The minimum Gasteiger partial charge on any atom is -0.393 e. The van der Waals surface area contributed by atoms with Crippen LogP contribution in [0.2, 0.25) is 0 Å². The Morgan fingerprint density at radius 1 is 1.29 bits per heavy atom. The molecule has 0 aromatic carbocycles. The van der Waals surface area contributed by atoms with Crippen molar-refractivity contribution in [2.24, 2.45) is 10.4 Å². The summed E-state index contributed by atoms with van der Waals surface area (Å²) >= 11 is 0. The fourth-order valence-corrected chi connectivity index (χ4v) is 2.10. The molecule has 0 atom stereocenters. The molecule has 0 bridgehead atoms. The SMILES string of the molecule is CCNC(=NCCNC(=O)C(C)(C)C)N1CCC(O)CC1. The van der Waals surface area contributed by atoms with Crippen molar-refractivity contribution in [3.05, 3.63) is 0 Å². The molecule has 0 aromatic heterocycles. The van der Waals surface area contributed by atoms with Crippen LogP contribution in [0.5, 0.6) is 0 Å². The second kappa shape index (κ2) is 8.22. The van der Waals surface area contributed by atoms with Gasteiger partial charge >= 0.3 is 0 Å². The van der Waals surface area contributed by atoms with Crippen molar-refractivity contribution in [1.82, 2.24) is 15.5 Å². The summed E-state index contributed by atoms with van der Waals surface area (Å²) in [5.74, 6) is 0.915. The molecule has 0 unspecified atom stereocenters. The van der Waals surface area contributed by atoms with Crippen molar-refractivity contribution >= 4 is 11.9 Å². The third-order valence-corrected chi connectivity index (χ3v) is 3.44. The van der Waals surface area contributed by atoms with Gasteiger partial charge in [0.1, 0.15) is 0 Å². The molecule has 0 spiro atoms. The van der Waals surface area contributed by atoms with E-state index in [-0.39, 0.29) is 17.4 Å². The first-order valence-corrected chi connectivity index (χ1v) is 7.84. The molecule has 0 aliphatic carbocycles. The highest BCUT2D eigenvalue weighted by Gasteiger charge is 2.21. The van der Waals surface area contributed by atoms with Gasteiger partial charge in [0.05, 0.1) is 12.6 Å². The molecule has 1 aliphatic rings. The van der Waals surface area contributed by atoms with E-state index in [4.69, 9.17) is 0 Å². The number of aliphatic hydroxyl groups excluding tert-OH is 1. The molecule has 6 nitrogen and oxygen atoms in total. The van der Waals surface area contributed by atoms with E-state index in [9.17, 15) is 9.90 Å². The fourth-order valence-electron chi connectivity index (χ4n) is 2.10. The number of piperidine rings is 1. The predicted octanol–water partition coefficient (Wildman–Crippen LogP) is 0.571. The maximum Gasteiger partial charge on any atom is 0.225 e. The number of amides is 1. The molecule has 0 aromatic rings. The summed E-state index contributed by atoms with van der Waals surface area (Å²) in [5, 5.41) is 15.7. The van der Waals surface area contributed by atoms with E-state index >= 15 is 0 Å². The molecule has 21 heavy (non-hydrogen) atoms. The van der Waals surface area contributed by atoms with Gasteiger partial charge in [0.15, 0.2) is 5.96 Å². The molecule has 1 saturated heterocycles. The zero-order valence-electron chi connectivity index (χ0n) is 13.8. The van der Waals surface area contributed by atoms with E-state index < -0.39 is 0 Å². The van der Waals surface area contributed by atoms with E-state index in [2.05, 4.69) is 20.5 Å². The highest BCUT2D eigenvalue weighted by Crippen LogP contribution is 2.12. The van der Waals surface area contributed by atoms with Crippen LogP contribution in [0.4, 0.5) is 0 Å². The molecular weight excluding hydrogens is 268 g/mol. The standard InChI is InChI=1S/C15H30N4O2/c1-5-16-14(19-10-6-12(20)7-11-19)18-9-8-17-13(21)15(2,3)4/h12,20H,5-11H2,1-4H3,(H,16,18)(H,17,21). The van der Waals surface area contributed by atoms with Gasteiger partial charge < -0.3 is 20.6 Å². The molecule has 0 saturated carbocycles. The minimum absolute atomic E-state index is 0.0452. The number of likely N-dealkylation sites (tertiary alicyclic amines) is 1. The average molecular weight is 298 g/mol. The number of carbonyl (C=O) groups excluding carboxylic acids is 1. The van der Waals surface area contributed by atoms with Crippen molar-refractivity contribution in [2.45, 2.75) is 46.6 Å². The maximum absolute atomic E-state index is 11.8. The van der Waals surface area contributed by atoms with Gasteiger partial charge in [-0.2, -0.15) is 0 Å². The van der Waals surface area contributed by atoms with Crippen molar-refractivity contribution in [3.63, 3.8) is 0 Å². The lowest BCUT2D eigenvalue weighted by molar-refractivity contribution is -0.128. The third kappa shape index (κ3) is 6.33. The zero-order valence-corrected chi connectivity index (χ0v) is 13.8. The molecule has 1 amide bonds. The van der Waals surface area contributed by atoms with Gasteiger partial charge in [0.2, 0.25) is 5.91 Å². The number of aliphatic hydroxyl groups is 1. The van der Waals surface area contributed by atoms with E-state index in [1.54, 1.807) is 0 Å². The van der Waals surface area contributed by atoms with Crippen molar-refractivity contribution < 1.29 is 9.90 Å². The average Bonchev–Trinajstić information content (AvgIpc) is 2.42. The summed E-state index contributed by atoms with van der Waals surface area (Å²) in [5.41, 5.74) is -0.364. The van der Waals surface area contributed by atoms with Crippen LogP contribution in [0.3, 0.4) is 0 Å². The number of nitrogens with one attached hydrogen (secondary N) is 2. The monoisotopic (exact) mass is 298 g/mol. The Balaban J connectivity index is 2.43. The number of guanidine groups is 1. The molecule has 122 valence electrons. The fraction of sp³-hybridized carbons (Fsp3) is 0.867. The summed E-state index contributed by atoms with van der Waals surface area (Å²) in [4.78, 5) is 18.5. The molecule has 0 radical (unpaired) electrons. The van der Waals surface area contributed by atoms with Crippen LogP contribution in [-0.2, 0) is 4.79 Å². The summed E-state index contributed by atoms with van der Waals surface area (Å²) < 4.78 is 0. The smallest absolute Gasteiger partial charge is 0.225 e. The van der Waals surface area contributed by atoms with Gasteiger partial charge in [-0.1, -0.05) is 20.8 Å². The van der Waals surface area contributed by atoms with E-state index in [1.165, 1.54) is 0 Å². The van der Waals surface area contributed by atoms with Crippen LogP contribution in [0.1, 0.15) is 40.5 Å². The van der Waals surface area contributed by atoms with Gasteiger partial charge in [0, 0.05) is 31.6 Å². The Bertz CT molecular complexity index is 355. The number of rotatable bonds is 4. The third-order valence-electron chi connectivity index (χ3n) is 3.44. The first-order valence-electron chi connectivity index (χ1n) is 7.84. The first kappa shape index (κ1) is 17.8. The Morgan fingerprint density at radius 2 is 1.90 bits per heavy atom. The largest absolute Gasteiger partial charge is 0.393 e.